The van der Waals surface area contributed by atoms with Crippen LogP contribution >= 0.6 is 0 Å². The third-order valence-electron chi connectivity index (χ3n) is 5.16. The van der Waals surface area contributed by atoms with E-state index in [1.54, 1.807) is 19.2 Å². The van der Waals surface area contributed by atoms with Gasteiger partial charge in [-0.25, -0.2) is 8.42 Å². The standard InChI is InChI=1S/C21H23N3O4S/c1-27-19-6-4-3-5-18(19)21-23-22-20(28-21)16-11-12-24(14-16)13-15-7-9-17(10-8-15)29(2,25)26/h3-10,16H,11-14H2,1-2H3. The van der Waals surface area contributed by atoms with Crippen LogP contribution < -0.4 is 4.74 Å². The van der Waals surface area contributed by atoms with Gasteiger partial charge in [0.25, 0.3) is 5.89 Å². The van der Waals surface area contributed by atoms with E-state index >= 15 is 0 Å². The monoisotopic (exact) mass is 413 g/mol. The molecule has 0 spiro atoms. The molecule has 1 saturated heterocycles. The predicted octanol–water partition coefficient (Wildman–Crippen LogP) is 3.14. The Balaban J connectivity index is 1.42. The van der Waals surface area contributed by atoms with Crippen molar-refractivity contribution in [2.75, 3.05) is 26.5 Å². The van der Waals surface area contributed by atoms with Gasteiger partial charge in [0.2, 0.25) is 5.89 Å². The van der Waals surface area contributed by atoms with Gasteiger partial charge < -0.3 is 9.15 Å². The molecule has 0 N–H and O–H groups in total. The molecule has 3 aromatic rings. The van der Waals surface area contributed by atoms with Crippen molar-refractivity contribution in [3.63, 3.8) is 0 Å². The number of rotatable bonds is 6. The molecule has 1 aliphatic heterocycles. The Morgan fingerprint density at radius 1 is 1.14 bits per heavy atom. The molecule has 152 valence electrons. The van der Waals surface area contributed by atoms with Crippen molar-refractivity contribution in [3.05, 3.63) is 60.0 Å². The Labute approximate surface area is 170 Å². The van der Waals surface area contributed by atoms with Gasteiger partial charge >= 0.3 is 0 Å². The minimum Gasteiger partial charge on any atom is -0.496 e. The zero-order chi connectivity index (χ0) is 20.4. The third kappa shape index (κ3) is 4.33. The number of nitrogens with zero attached hydrogens (tertiary/aromatic N) is 3. The second-order valence-corrected chi connectivity index (χ2v) is 9.30. The molecule has 2 aromatic carbocycles. The first-order valence-electron chi connectivity index (χ1n) is 9.42. The van der Waals surface area contributed by atoms with Gasteiger partial charge in [0.15, 0.2) is 9.84 Å². The van der Waals surface area contributed by atoms with Gasteiger partial charge in [-0.3, -0.25) is 4.90 Å². The van der Waals surface area contributed by atoms with Crippen LogP contribution in [0.2, 0.25) is 0 Å². The van der Waals surface area contributed by atoms with E-state index in [1.807, 2.05) is 36.4 Å². The van der Waals surface area contributed by atoms with Crippen molar-refractivity contribution < 1.29 is 17.6 Å². The Kier molecular flexibility index (Phi) is 5.38. The summed E-state index contributed by atoms with van der Waals surface area (Å²) in [6, 6.07) is 14.6. The van der Waals surface area contributed by atoms with Gasteiger partial charge in [-0.05, 0) is 42.8 Å². The fourth-order valence-electron chi connectivity index (χ4n) is 3.61. The van der Waals surface area contributed by atoms with Crippen LogP contribution in [0.3, 0.4) is 0 Å². The number of likely N-dealkylation sites (tertiary alicyclic amines) is 1. The summed E-state index contributed by atoms with van der Waals surface area (Å²) in [6.07, 6.45) is 2.16. The van der Waals surface area contributed by atoms with Crippen LogP contribution in [0.1, 0.15) is 23.8 Å². The van der Waals surface area contributed by atoms with E-state index in [4.69, 9.17) is 9.15 Å². The van der Waals surface area contributed by atoms with E-state index in [0.29, 0.717) is 22.4 Å². The highest BCUT2D eigenvalue weighted by Crippen LogP contribution is 2.32. The first-order chi connectivity index (χ1) is 13.9. The maximum atomic E-state index is 11.6. The van der Waals surface area contributed by atoms with Gasteiger partial charge in [0, 0.05) is 19.3 Å². The topological polar surface area (TPSA) is 85.5 Å². The lowest BCUT2D eigenvalue weighted by Gasteiger charge is -2.15. The Morgan fingerprint density at radius 3 is 2.62 bits per heavy atom. The van der Waals surface area contributed by atoms with Crippen LogP contribution in [0.5, 0.6) is 5.75 Å². The highest BCUT2D eigenvalue weighted by Gasteiger charge is 2.28. The Morgan fingerprint density at radius 2 is 1.90 bits per heavy atom. The van der Waals surface area contributed by atoms with Gasteiger partial charge in [0.05, 0.1) is 23.5 Å². The van der Waals surface area contributed by atoms with Crippen LogP contribution in [0.15, 0.2) is 57.8 Å². The van der Waals surface area contributed by atoms with Gasteiger partial charge in [-0.15, -0.1) is 10.2 Å². The zero-order valence-corrected chi connectivity index (χ0v) is 17.2. The second kappa shape index (κ2) is 7.96. The number of methoxy groups -OCH3 is 1. The summed E-state index contributed by atoms with van der Waals surface area (Å²) in [7, 11) is -1.55. The van der Waals surface area contributed by atoms with Crippen molar-refractivity contribution in [3.8, 4) is 17.2 Å². The van der Waals surface area contributed by atoms with Gasteiger partial charge in [0.1, 0.15) is 5.75 Å². The summed E-state index contributed by atoms with van der Waals surface area (Å²) in [4.78, 5) is 2.66. The maximum absolute atomic E-state index is 11.6. The average Bonchev–Trinajstić information content (AvgIpc) is 3.37. The molecule has 2 heterocycles. The normalized spacial score (nSPS) is 17.5. The van der Waals surface area contributed by atoms with E-state index in [0.717, 1.165) is 37.2 Å². The largest absolute Gasteiger partial charge is 0.496 e. The molecule has 7 nitrogen and oxygen atoms in total. The molecular formula is C21H23N3O4S. The van der Waals surface area contributed by atoms with E-state index < -0.39 is 9.84 Å². The number of benzene rings is 2. The van der Waals surface area contributed by atoms with Crippen LogP contribution in [-0.4, -0.2) is 50.0 Å². The Hall–Kier alpha value is -2.71. The average molecular weight is 413 g/mol. The molecule has 0 radical (unpaired) electrons. The van der Waals surface area contributed by atoms with Crippen molar-refractivity contribution >= 4 is 9.84 Å². The number of sulfone groups is 1. The number of aromatic nitrogens is 2. The second-order valence-electron chi connectivity index (χ2n) is 7.28. The van der Waals surface area contributed by atoms with Crippen molar-refractivity contribution in [2.24, 2.45) is 0 Å². The summed E-state index contributed by atoms with van der Waals surface area (Å²) in [5, 5.41) is 8.47. The van der Waals surface area contributed by atoms with Crippen molar-refractivity contribution in [1.82, 2.24) is 15.1 Å². The van der Waals surface area contributed by atoms with E-state index in [1.165, 1.54) is 6.26 Å². The van der Waals surface area contributed by atoms with E-state index in [-0.39, 0.29) is 5.92 Å². The highest BCUT2D eigenvalue weighted by molar-refractivity contribution is 7.90. The van der Waals surface area contributed by atoms with Gasteiger partial charge in [-0.2, -0.15) is 0 Å². The molecule has 29 heavy (non-hydrogen) atoms. The van der Waals surface area contributed by atoms with Gasteiger partial charge in [-0.1, -0.05) is 24.3 Å². The lowest BCUT2D eigenvalue weighted by Crippen LogP contribution is -2.19. The molecule has 1 aliphatic rings. The fraction of sp³-hybridized carbons (Fsp3) is 0.333. The quantitative estimate of drug-likeness (QED) is 0.614. The Bertz CT molecular complexity index is 1090. The molecule has 0 bridgehead atoms. The highest BCUT2D eigenvalue weighted by atomic mass is 32.2. The summed E-state index contributed by atoms with van der Waals surface area (Å²) in [5.74, 6) is 1.99. The fourth-order valence-corrected chi connectivity index (χ4v) is 4.24. The molecule has 1 fully saturated rings. The lowest BCUT2D eigenvalue weighted by atomic mass is 10.1. The predicted molar refractivity (Wildman–Crippen MR) is 108 cm³/mol. The molecule has 1 unspecified atom stereocenters. The van der Waals surface area contributed by atoms with E-state index in [2.05, 4.69) is 15.1 Å². The molecule has 8 heteroatoms. The molecule has 0 aliphatic carbocycles. The van der Waals surface area contributed by atoms with Crippen LogP contribution in [0.4, 0.5) is 0 Å². The number of hydrogen-bond donors (Lipinski definition) is 0. The number of para-hydroxylation sites is 1. The molecule has 1 aromatic heterocycles. The number of ether oxygens (including phenoxy) is 1. The van der Waals surface area contributed by atoms with Crippen LogP contribution in [-0.2, 0) is 16.4 Å². The maximum Gasteiger partial charge on any atom is 0.251 e. The van der Waals surface area contributed by atoms with Crippen molar-refractivity contribution in [2.45, 2.75) is 23.8 Å². The SMILES string of the molecule is COc1ccccc1-c1nnc(C2CCN(Cc3ccc(S(C)(=O)=O)cc3)C2)o1. The molecular weight excluding hydrogens is 390 g/mol. The first-order valence-corrected chi connectivity index (χ1v) is 11.3. The lowest BCUT2D eigenvalue weighted by molar-refractivity contribution is 0.320. The summed E-state index contributed by atoms with van der Waals surface area (Å²) >= 11 is 0. The summed E-state index contributed by atoms with van der Waals surface area (Å²) < 4.78 is 34.5. The summed E-state index contributed by atoms with van der Waals surface area (Å²) in [5.41, 5.74) is 1.87. The van der Waals surface area contributed by atoms with Crippen LogP contribution in [0, 0.1) is 0 Å². The van der Waals surface area contributed by atoms with Crippen molar-refractivity contribution in [1.29, 1.82) is 0 Å². The summed E-state index contributed by atoms with van der Waals surface area (Å²) in [6.45, 7) is 2.50. The first kappa shape index (κ1) is 19.6. The third-order valence-corrected chi connectivity index (χ3v) is 6.29. The molecule has 1 atom stereocenters. The van der Waals surface area contributed by atoms with E-state index in [9.17, 15) is 8.42 Å². The molecule has 0 amide bonds. The number of hydrogen-bond acceptors (Lipinski definition) is 7. The van der Waals surface area contributed by atoms with Crippen LogP contribution in [0.25, 0.3) is 11.5 Å². The molecule has 0 saturated carbocycles. The zero-order valence-electron chi connectivity index (χ0n) is 16.4. The smallest absolute Gasteiger partial charge is 0.251 e. The minimum absolute atomic E-state index is 0.182. The molecule has 4 rings (SSSR count). The minimum atomic E-state index is -3.17.